The highest BCUT2D eigenvalue weighted by Crippen LogP contribution is 2.31. The van der Waals surface area contributed by atoms with Crippen LogP contribution >= 0.6 is 0 Å². The largest absolute Gasteiger partial charge is 0.207 e. The summed E-state index contributed by atoms with van der Waals surface area (Å²) in [5.74, 6) is 7.80. The molecule has 96 valence electrons. The molecule has 0 spiro atoms. The number of hydrogen-bond acceptors (Lipinski definition) is 0. The van der Waals surface area contributed by atoms with Gasteiger partial charge in [-0.05, 0) is 55.9 Å². The first-order valence-electron chi connectivity index (χ1n) is 7.05. The maximum Gasteiger partial charge on any atom is 0.123 e. The lowest BCUT2D eigenvalue weighted by atomic mass is 9.80. The summed E-state index contributed by atoms with van der Waals surface area (Å²) in [6.07, 6.45) is 7.81. The number of hydrogen-bond donors (Lipinski definition) is 0. The van der Waals surface area contributed by atoms with Crippen molar-refractivity contribution in [3.8, 4) is 11.8 Å². The molecule has 1 aliphatic carbocycles. The molecular weight excluding hydrogens is 223 g/mol. The summed E-state index contributed by atoms with van der Waals surface area (Å²) in [6, 6.07) is 6.46. The Bertz CT molecular complexity index is 413. The van der Waals surface area contributed by atoms with Gasteiger partial charge in [-0.2, -0.15) is 0 Å². The van der Waals surface area contributed by atoms with Crippen LogP contribution in [0.25, 0.3) is 0 Å². The maximum absolute atomic E-state index is 12.7. The van der Waals surface area contributed by atoms with Gasteiger partial charge in [0.1, 0.15) is 5.82 Å². The highest BCUT2D eigenvalue weighted by atomic mass is 19.1. The average Bonchev–Trinajstić information content (AvgIpc) is 2.40. The van der Waals surface area contributed by atoms with Gasteiger partial charge in [0, 0.05) is 11.5 Å². The van der Waals surface area contributed by atoms with Gasteiger partial charge in [-0.25, -0.2) is 4.39 Å². The van der Waals surface area contributed by atoms with Crippen molar-refractivity contribution in [2.75, 3.05) is 0 Å². The monoisotopic (exact) mass is 244 g/mol. The normalized spacial score (nSPS) is 23.2. The van der Waals surface area contributed by atoms with Crippen molar-refractivity contribution in [2.24, 2.45) is 11.8 Å². The predicted molar refractivity (Wildman–Crippen MR) is 73.6 cm³/mol. The van der Waals surface area contributed by atoms with Crippen LogP contribution in [-0.4, -0.2) is 0 Å². The van der Waals surface area contributed by atoms with Crippen LogP contribution in [-0.2, 0) is 0 Å². The Morgan fingerprint density at radius 3 is 2.39 bits per heavy atom. The van der Waals surface area contributed by atoms with Gasteiger partial charge < -0.3 is 0 Å². The van der Waals surface area contributed by atoms with Crippen molar-refractivity contribution < 1.29 is 4.39 Å². The number of rotatable bonds is 2. The van der Waals surface area contributed by atoms with Crippen LogP contribution < -0.4 is 0 Å². The van der Waals surface area contributed by atoms with Gasteiger partial charge >= 0.3 is 0 Å². The maximum atomic E-state index is 12.7. The first-order chi connectivity index (χ1) is 8.78. The third-order valence-electron chi connectivity index (χ3n) is 3.81. The van der Waals surface area contributed by atoms with Crippen molar-refractivity contribution in [2.45, 2.75) is 45.4 Å². The van der Waals surface area contributed by atoms with Crippen LogP contribution in [0, 0.1) is 29.5 Å². The van der Waals surface area contributed by atoms with Gasteiger partial charge in [0.05, 0.1) is 0 Å². The van der Waals surface area contributed by atoms with E-state index in [4.69, 9.17) is 0 Å². The molecule has 0 radical (unpaired) electrons. The first kappa shape index (κ1) is 13.1. The van der Waals surface area contributed by atoms with Gasteiger partial charge in [-0.15, -0.1) is 0 Å². The van der Waals surface area contributed by atoms with E-state index in [0.29, 0.717) is 5.92 Å². The molecule has 0 saturated heterocycles. The van der Waals surface area contributed by atoms with E-state index in [2.05, 4.69) is 18.8 Å². The summed E-state index contributed by atoms with van der Waals surface area (Å²) in [4.78, 5) is 0. The molecule has 1 aliphatic rings. The molecule has 0 aliphatic heterocycles. The summed E-state index contributed by atoms with van der Waals surface area (Å²) in [5.41, 5.74) is 0.923. The summed E-state index contributed by atoms with van der Waals surface area (Å²) in [6.45, 7) is 2.26. The standard InChI is InChI=1S/C17H21F/c1-2-3-14-4-6-15(7-5-14)8-9-16-10-12-17(18)13-11-16/h10-15H,2-7H2,1H3. The second-order valence-electron chi connectivity index (χ2n) is 5.28. The third-order valence-corrected chi connectivity index (χ3v) is 3.81. The van der Waals surface area contributed by atoms with E-state index in [9.17, 15) is 4.39 Å². The number of benzene rings is 1. The van der Waals surface area contributed by atoms with Crippen molar-refractivity contribution in [1.29, 1.82) is 0 Å². The predicted octanol–water partition coefficient (Wildman–Crippen LogP) is 4.78. The average molecular weight is 244 g/mol. The Morgan fingerprint density at radius 1 is 1.11 bits per heavy atom. The lowest BCUT2D eigenvalue weighted by Crippen LogP contribution is -2.13. The van der Waals surface area contributed by atoms with E-state index >= 15 is 0 Å². The highest BCUT2D eigenvalue weighted by Gasteiger charge is 2.18. The van der Waals surface area contributed by atoms with Crippen LogP contribution in [0.1, 0.15) is 51.0 Å². The third kappa shape index (κ3) is 3.88. The molecule has 0 unspecified atom stereocenters. The van der Waals surface area contributed by atoms with E-state index in [0.717, 1.165) is 11.5 Å². The molecule has 1 fully saturated rings. The fourth-order valence-electron chi connectivity index (χ4n) is 2.72. The lowest BCUT2D eigenvalue weighted by Gasteiger charge is -2.25. The van der Waals surface area contributed by atoms with Crippen molar-refractivity contribution >= 4 is 0 Å². The van der Waals surface area contributed by atoms with Gasteiger partial charge in [-0.1, -0.05) is 31.6 Å². The molecule has 0 nitrogen and oxygen atoms in total. The van der Waals surface area contributed by atoms with E-state index in [1.54, 1.807) is 12.1 Å². The molecule has 2 rings (SSSR count). The van der Waals surface area contributed by atoms with E-state index in [-0.39, 0.29) is 5.82 Å². The minimum absolute atomic E-state index is 0.194. The quantitative estimate of drug-likeness (QED) is 0.656. The molecular formula is C17H21F. The van der Waals surface area contributed by atoms with E-state index in [1.807, 2.05) is 0 Å². The first-order valence-corrected chi connectivity index (χ1v) is 7.05. The molecule has 1 aromatic rings. The number of halogens is 1. The van der Waals surface area contributed by atoms with Crippen LogP contribution in [0.2, 0.25) is 0 Å². The zero-order chi connectivity index (χ0) is 12.8. The van der Waals surface area contributed by atoms with E-state index < -0.39 is 0 Å². The Morgan fingerprint density at radius 2 is 1.78 bits per heavy atom. The lowest BCUT2D eigenvalue weighted by molar-refractivity contribution is 0.300. The molecule has 0 N–H and O–H groups in total. The van der Waals surface area contributed by atoms with E-state index in [1.165, 1.54) is 50.7 Å². The fraction of sp³-hybridized carbons (Fsp3) is 0.529. The Balaban J connectivity index is 1.86. The molecule has 0 heterocycles. The molecule has 0 bridgehead atoms. The molecule has 0 atom stereocenters. The smallest absolute Gasteiger partial charge is 0.123 e. The molecule has 1 aromatic carbocycles. The zero-order valence-corrected chi connectivity index (χ0v) is 11.1. The van der Waals surface area contributed by atoms with Crippen molar-refractivity contribution in [3.63, 3.8) is 0 Å². The summed E-state index contributed by atoms with van der Waals surface area (Å²) in [7, 11) is 0. The summed E-state index contributed by atoms with van der Waals surface area (Å²) < 4.78 is 12.7. The van der Waals surface area contributed by atoms with Crippen LogP contribution in [0.5, 0.6) is 0 Å². The molecule has 0 aromatic heterocycles. The van der Waals surface area contributed by atoms with Gasteiger partial charge in [0.25, 0.3) is 0 Å². The van der Waals surface area contributed by atoms with Crippen LogP contribution in [0.15, 0.2) is 24.3 Å². The minimum Gasteiger partial charge on any atom is -0.207 e. The molecule has 18 heavy (non-hydrogen) atoms. The van der Waals surface area contributed by atoms with Crippen LogP contribution in [0.4, 0.5) is 4.39 Å². The SMILES string of the molecule is CCCC1CCC(C#Cc2ccc(F)cc2)CC1. The molecule has 0 amide bonds. The molecule has 1 saturated carbocycles. The Kier molecular flexibility index (Phi) is 4.81. The van der Waals surface area contributed by atoms with Gasteiger partial charge in [-0.3, -0.25) is 0 Å². The minimum atomic E-state index is -0.194. The molecule has 1 heteroatoms. The Labute approximate surface area is 110 Å². The Hall–Kier alpha value is -1.29. The van der Waals surface area contributed by atoms with Gasteiger partial charge in [0.2, 0.25) is 0 Å². The second kappa shape index (κ2) is 6.59. The fourth-order valence-corrected chi connectivity index (χ4v) is 2.72. The van der Waals surface area contributed by atoms with Gasteiger partial charge in [0.15, 0.2) is 0 Å². The van der Waals surface area contributed by atoms with Crippen molar-refractivity contribution in [3.05, 3.63) is 35.6 Å². The summed E-state index contributed by atoms with van der Waals surface area (Å²) >= 11 is 0. The highest BCUT2D eigenvalue weighted by molar-refractivity contribution is 5.34. The second-order valence-corrected chi connectivity index (χ2v) is 5.28. The topological polar surface area (TPSA) is 0 Å². The summed E-state index contributed by atoms with van der Waals surface area (Å²) in [5, 5.41) is 0. The van der Waals surface area contributed by atoms with Crippen molar-refractivity contribution in [1.82, 2.24) is 0 Å². The zero-order valence-electron chi connectivity index (χ0n) is 11.1. The van der Waals surface area contributed by atoms with Crippen LogP contribution in [0.3, 0.4) is 0 Å².